The molecule has 5 nitrogen and oxygen atoms in total. The molecule has 3 rings (SSSR count). The zero-order valence-electron chi connectivity index (χ0n) is 17.9. The number of hydrogen-bond donors (Lipinski definition) is 0. The lowest BCUT2D eigenvalue weighted by atomic mass is 9.96. The van der Waals surface area contributed by atoms with Crippen molar-refractivity contribution in [1.29, 1.82) is 0 Å². The van der Waals surface area contributed by atoms with Crippen LogP contribution in [0.1, 0.15) is 49.9 Å². The standard InChI is InChI=1S/C23H26F3NO4/c1-5-17(15-9-11-16(12-10-15)31-23(24,25)26)27-18(13-14(2)22(27)28)21-19(29-3)7-6-8-20(21)30-4/h6-12,14,17-18H,5,13H2,1-4H3. The normalized spacial score (nSPS) is 20.0. The number of amides is 1. The molecule has 1 fully saturated rings. The van der Waals surface area contributed by atoms with Crippen LogP contribution in [0.25, 0.3) is 0 Å². The van der Waals surface area contributed by atoms with Gasteiger partial charge in [-0.1, -0.05) is 32.0 Å². The third-order valence-corrected chi connectivity index (χ3v) is 5.61. The van der Waals surface area contributed by atoms with E-state index in [9.17, 15) is 18.0 Å². The van der Waals surface area contributed by atoms with E-state index >= 15 is 0 Å². The minimum Gasteiger partial charge on any atom is -0.496 e. The van der Waals surface area contributed by atoms with Gasteiger partial charge in [-0.05, 0) is 42.7 Å². The maximum Gasteiger partial charge on any atom is 0.573 e. The van der Waals surface area contributed by atoms with E-state index in [-0.39, 0.29) is 29.7 Å². The summed E-state index contributed by atoms with van der Waals surface area (Å²) < 4.78 is 52.6. The lowest BCUT2D eigenvalue weighted by Crippen LogP contribution is -2.33. The van der Waals surface area contributed by atoms with Gasteiger partial charge >= 0.3 is 6.36 Å². The van der Waals surface area contributed by atoms with Crippen LogP contribution >= 0.6 is 0 Å². The predicted octanol–water partition coefficient (Wildman–Crippen LogP) is 5.66. The minimum atomic E-state index is -4.75. The molecule has 168 valence electrons. The number of ether oxygens (including phenoxy) is 3. The second-order valence-electron chi connectivity index (χ2n) is 7.52. The largest absolute Gasteiger partial charge is 0.573 e. The molecule has 1 heterocycles. The summed E-state index contributed by atoms with van der Waals surface area (Å²) in [6.45, 7) is 3.82. The van der Waals surface area contributed by atoms with Gasteiger partial charge in [0.15, 0.2) is 0 Å². The third-order valence-electron chi connectivity index (χ3n) is 5.61. The number of rotatable bonds is 7. The first kappa shape index (κ1) is 22.8. The van der Waals surface area contributed by atoms with Gasteiger partial charge in [0, 0.05) is 5.92 Å². The summed E-state index contributed by atoms with van der Waals surface area (Å²) in [7, 11) is 3.14. The zero-order valence-corrected chi connectivity index (χ0v) is 17.9. The molecule has 3 atom stereocenters. The Morgan fingerprint density at radius 2 is 1.65 bits per heavy atom. The molecule has 0 saturated carbocycles. The number of benzene rings is 2. The Bertz CT molecular complexity index is 892. The first-order valence-electron chi connectivity index (χ1n) is 10.1. The highest BCUT2D eigenvalue weighted by Gasteiger charge is 2.43. The Labute approximate surface area is 179 Å². The Morgan fingerprint density at radius 3 is 2.13 bits per heavy atom. The highest BCUT2D eigenvalue weighted by molar-refractivity contribution is 5.82. The van der Waals surface area contributed by atoms with E-state index in [0.717, 1.165) is 11.1 Å². The molecule has 1 aliphatic heterocycles. The summed E-state index contributed by atoms with van der Waals surface area (Å²) in [6, 6.07) is 10.6. The van der Waals surface area contributed by atoms with E-state index in [0.29, 0.717) is 24.3 Å². The van der Waals surface area contributed by atoms with Crippen molar-refractivity contribution in [2.75, 3.05) is 14.2 Å². The van der Waals surface area contributed by atoms with Crippen molar-refractivity contribution in [3.05, 3.63) is 53.6 Å². The van der Waals surface area contributed by atoms with Crippen LogP contribution in [0.2, 0.25) is 0 Å². The van der Waals surface area contributed by atoms with Gasteiger partial charge in [-0.25, -0.2) is 0 Å². The first-order valence-corrected chi connectivity index (χ1v) is 10.1. The molecule has 0 N–H and O–H groups in total. The molecular formula is C23H26F3NO4. The molecule has 0 aliphatic carbocycles. The van der Waals surface area contributed by atoms with Crippen molar-refractivity contribution in [3.63, 3.8) is 0 Å². The van der Waals surface area contributed by atoms with E-state index in [1.165, 1.54) is 12.1 Å². The molecular weight excluding hydrogens is 411 g/mol. The smallest absolute Gasteiger partial charge is 0.496 e. The average Bonchev–Trinajstić information content (AvgIpc) is 3.02. The van der Waals surface area contributed by atoms with E-state index in [1.807, 2.05) is 36.9 Å². The molecule has 3 unspecified atom stereocenters. The molecule has 31 heavy (non-hydrogen) atoms. The molecule has 1 saturated heterocycles. The highest BCUT2D eigenvalue weighted by Crippen LogP contribution is 2.48. The summed E-state index contributed by atoms with van der Waals surface area (Å²) in [6.07, 6.45) is -3.58. The highest BCUT2D eigenvalue weighted by atomic mass is 19.4. The van der Waals surface area contributed by atoms with Gasteiger partial charge in [0.05, 0.1) is 31.9 Å². The molecule has 0 radical (unpaired) electrons. The minimum absolute atomic E-state index is 0.0135. The van der Waals surface area contributed by atoms with Gasteiger partial charge in [-0.15, -0.1) is 13.2 Å². The summed E-state index contributed by atoms with van der Waals surface area (Å²) >= 11 is 0. The lowest BCUT2D eigenvalue weighted by molar-refractivity contribution is -0.274. The monoisotopic (exact) mass is 437 g/mol. The van der Waals surface area contributed by atoms with Crippen molar-refractivity contribution in [2.45, 2.75) is 45.1 Å². The summed E-state index contributed by atoms with van der Waals surface area (Å²) in [4.78, 5) is 15.0. The van der Waals surface area contributed by atoms with Gasteiger partial charge < -0.3 is 19.1 Å². The Kier molecular flexibility index (Phi) is 6.67. The van der Waals surface area contributed by atoms with Crippen molar-refractivity contribution < 1.29 is 32.2 Å². The van der Waals surface area contributed by atoms with E-state index in [1.54, 1.807) is 26.4 Å². The maximum absolute atomic E-state index is 13.2. The second kappa shape index (κ2) is 9.08. The molecule has 8 heteroatoms. The predicted molar refractivity (Wildman–Crippen MR) is 109 cm³/mol. The molecule has 1 aliphatic rings. The molecule has 0 aromatic heterocycles. The fourth-order valence-corrected chi connectivity index (χ4v) is 4.28. The molecule has 0 spiro atoms. The number of halogens is 3. The quantitative estimate of drug-likeness (QED) is 0.561. The number of carbonyl (C=O) groups is 1. The summed E-state index contributed by atoms with van der Waals surface area (Å²) in [5.41, 5.74) is 1.53. The number of nitrogens with zero attached hydrogens (tertiary/aromatic N) is 1. The summed E-state index contributed by atoms with van der Waals surface area (Å²) in [5.74, 6) is 0.733. The number of likely N-dealkylation sites (tertiary alicyclic amines) is 1. The van der Waals surface area contributed by atoms with Gasteiger partial charge in [0.1, 0.15) is 17.2 Å². The van der Waals surface area contributed by atoms with Gasteiger partial charge in [-0.3, -0.25) is 4.79 Å². The van der Waals surface area contributed by atoms with Crippen molar-refractivity contribution in [1.82, 2.24) is 4.90 Å². The van der Waals surface area contributed by atoms with Crippen molar-refractivity contribution in [3.8, 4) is 17.2 Å². The second-order valence-corrected chi connectivity index (χ2v) is 7.52. The number of alkyl halides is 3. The Morgan fingerprint density at radius 1 is 1.06 bits per heavy atom. The first-order chi connectivity index (χ1) is 14.7. The zero-order chi connectivity index (χ0) is 22.8. The van der Waals surface area contributed by atoms with Crippen LogP contribution in [0, 0.1) is 5.92 Å². The van der Waals surface area contributed by atoms with E-state index < -0.39 is 6.36 Å². The van der Waals surface area contributed by atoms with Gasteiger partial charge in [0.25, 0.3) is 0 Å². The third kappa shape index (κ3) is 4.73. The average molecular weight is 437 g/mol. The maximum atomic E-state index is 13.2. The number of carbonyl (C=O) groups excluding carboxylic acids is 1. The SMILES string of the molecule is CCC(c1ccc(OC(F)(F)F)cc1)N1C(=O)C(C)CC1c1c(OC)cccc1OC. The van der Waals surface area contributed by atoms with Crippen molar-refractivity contribution in [2.24, 2.45) is 5.92 Å². The van der Waals surface area contributed by atoms with Crippen LogP contribution in [-0.4, -0.2) is 31.4 Å². The topological polar surface area (TPSA) is 48.0 Å². The van der Waals surface area contributed by atoms with Crippen LogP contribution in [0.3, 0.4) is 0 Å². The van der Waals surface area contributed by atoms with Crippen LogP contribution in [0.5, 0.6) is 17.2 Å². The van der Waals surface area contributed by atoms with Crippen LogP contribution < -0.4 is 14.2 Å². The van der Waals surface area contributed by atoms with Gasteiger partial charge in [0.2, 0.25) is 5.91 Å². The fourth-order valence-electron chi connectivity index (χ4n) is 4.28. The summed E-state index contributed by atoms with van der Waals surface area (Å²) in [5, 5.41) is 0. The van der Waals surface area contributed by atoms with Gasteiger partial charge in [-0.2, -0.15) is 0 Å². The molecule has 2 aromatic rings. The van der Waals surface area contributed by atoms with Crippen molar-refractivity contribution >= 4 is 5.91 Å². The van der Waals surface area contributed by atoms with E-state index in [2.05, 4.69) is 4.74 Å². The van der Waals surface area contributed by atoms with Crippen LogP contribution in [0.15, 0.2) is 42.5 Å². The van der Waals surface area contributed by atoms with Crippen LogP contribution in [-0.2, 0) is 4.79 Å². The Balaban J connectivity index is 2.01. The number of methoxy groups -OCH3 is 2. The Hall–Kier alpha value is -2.90. The lowest BCUT2D eigenvalue weighted by Gasteiger charge is -2.34. The number of hydrogen-bond acceptors (Lipinski definition) is 4. The van der Waals surface area contributed by atoms with Crippen LogP contribution in [0.4, 0.5) is 13.2 Å². The molecule has 2 aromatic carbocycles. The molecule has 0 bridgehead atoms. The molecule has 1 amide bonds. The van der Waals surface area contributed by atoms with E-state index in [4.69, 9.17) is 9.47 Å². The fraction of sp³-hybridized carbons (Fsp3) is 0.435.